The number of carbonyl (C=O) groups excluding carboxylic acids is 1. The molecular formula is C14H19BrN2O. The van der Waals surface area contributed by atoms with Gasteiger partial charge in [-0.3, -0.25) is 4.79 Å². The third-order valence-electron chi connectivity index (χ3n) is 3.76. The van der Waals surface area contributed by atoms with E-state index in [-0.39, 0.29) is 11.3 Å². The zero-order valence-corrected chi connectivity index (χ0v) is 12.5. The van der Waals surface area contributed by atoms with Crippen molar-refractivity contribution in [3.05, 3.63) is 33.8 Å². The summed E-state index contributed by atoms with van der Waals surface area (Å²) < 4.78 is 1.00. The molecule has 1 atom stereocenters. The number of aryl methyl sites for hydroxylation is 1. The Labute approximate surface area is 116 Å². The maximum absolute atomic E-state index is 12.5. The van der Waals surface area contributed by atoms with E-state index in [0.717, 1.165) is 35.1 Å². The highest BCUT2D eigenvalue weighted by atomic mass is 79.9. The molecule has 0 radical (unpaired) electrons. The molecule has 3 nitrogen and oxygen atoms in total. The minimum Gasteiger partial charge on any atom is -0.338 e. The van der Waals surface area contributed by atoms with Gasteiger partial charge in [0.25, 0.3) is 5.91 Å². The van der Waals surface area contributed by atoms with Crippen LogP contribution in [0.25, 0.3) is 0 Å². The van der Waals surface area contributed by atoms with Crippen LogP contribution in [0.3, 0.4) is 0 Å². The molecule has 1 heterocycles. The first-order valence-electron chi connectivity index (χ1n) is 6.21. The molecule has 1 saturated heterocycles. The van der Waals surface area contributed by atoms with Gasteiger partial charge in [0.05, 0.1) is 0 Å². The third kappa shape index (κ3) is 2.59. The highest BCUT2D eigenvalue weighted by Crippen LogP contribution is 2.30. The highest BCUT2D eigenvalue weighted by molar-refractivity contribution is 9.10. The van der Waals surface area contributed by atoms with Crippen LogP contribution in [0.4, 0.5) is 0 Å². The van der Waals surface area contributed by atoms with Crippen LogP contribution in [0, 0.1) is 12.3 Å². The number of benzene rings is 1. The second-order valence-corrected chi connectivity index (χ2v) is 6.37. The Morgan fingerprint density at radius 2 is 2.28 bits per heavy atom. The van der Waals surface area contributed by atoms with E-state index in [4.69, 9.17) is 5.73 Å². The molecule has 1 unspecified atom stereocenters. The summed E-state index contributed by atoms with van der Waals surface area (Å²) in [5, 5.41) is 0. The van der Waals surface area contributed by atoms with Crippen LogP contribution >= 0.6 is 15.9 Å². The molecule has 1 amide bonds. The molecule has 0 saturated carbocycles. The summed E-state index contributed by atoms with van der Waals surface area (Å²) in [5.74, 6) is 0.122. The van der Waals surface area contributed by atoms with E-state index in [1.807, 2.05) is 30.0 Å². The normalized spacial score (nSPS) is 23.4. The third-order valence-corrected chi connectivity index (χ3v) is 4.25. The van der Waals surface area contributed by atoms with Crippen molar-refractivity contribution in [3.8, 4) is 0 Å². The summed E-state index contributed by atoms with van der Waals surface area (Å²) >= 11 is 3.42. The first-order valence-corrected chi connectivity index (χ1v) is 7.00. The van der Waals surface area contributed by atoms with Gasteiger partial charge >= 0.3 is 0 Å². The Balaban J connectivity index is 2.18. The van der Waals surface area contributed by atoms with Crippen molar-refractivity contribution in [3.63, 3.8) is 0 Å². The maximum Gasteiger partial charge on any atom is 0.254 e. The second-order valence-electron chi connectivity index (χ2n) is 5.45. The second kappa shape index (κ2) is 5.02. The largest absolute Gasteiger partial charge is 0.338 e. The number of halogens is 1. The smallest absolute Gasteiger partial charge is 0.254 e. The van der Waals surface area contributed by atoms with E-state index in [9.17, 15) is 4.79 Å². The molecule has 2 rings (SSSR count). The number of hydrogen-bond donors (Lipinski definition) is 1. The fourth-order valence-corrected chi connectivity index (χ4v) is 2.88. The zero-order valence-electron chi connectivity index (χ0n) is 10.9. The predicted octanol–water partition coefficient (Wildman–Crippen LogP) is 2.57. The number of nitrogens with two attached hydrogens (primary N) is 1. The van der Waals surface area contributed by atoms with Gasteiger partial charge in [0.1, 0.15) is 0 Å². The Hall–Kier alpha value is -0.870. The van der Waals surface area contributed by atoms with Crippen molar-refractivity contribution < 1.29 is 4.79 Å². The lowest BCUT2D eigenvalue weighted by Gasteiger charge is -2.23. The summed E-state index contributed by atoms with van der Waals surface area (Å²) in [5.41, 5.74) is 7.66. The number of nitrogens with zero attached hydrogens (tertiary/aromatic N) is 1. The molecule has 0 aliphatic carbocycles. The van der Waals surface area contributed by atoms with Gasteiger partial charge in [-0.1, -0.05) is 22.9 Å². The van der Waals surface area contributed by atoms with E-state index in [0.29, 0.717) is 6.54 Å². The van der Waals surface area contributed by atoms with Crippen LogP contribution in [0.2, 0.25) is 0 Å². The molecule has 2 N–H and O–H groups in total. The maximum atomic E-state index is 12.5. The lowest BCUT2D eigenvalue weighted by Crippen LogP contribution is -2.34. The minimum absolute atomic E-state index is 0.0823. The predicted molar refractivity (Wildman–Crippen MR) is 76.6 cm³/mol. The molecule has 4 heteroatoms. The van der Waals surface area contributed by atoms with Crippen molar-refractivity contribution in [1.82, 2.24) is 4.90 Å². The van der Waals surface area contributed by atoms with E-state index in [1.54, 1.807) is 0 Å². The van der Waals surface area contributed by atoms with E-state index in [2.05, 4.69) is 22.9 Å². The van der Waals surface area contributed by atoms with E-state index < -0.39 is 0 Å². The molecular weight excluding hydrogens is 292 g/mol. The zero-order chi connectivity index (χ0) is 13.3. The fraction of sp³-hybridized carbons (Fsp3) is 0.500. The first-order chi connectivity index (χ1) is 8.45. The van der Waals surface area contributed by atoms with Crippen LogP contribution in [-0.4, -0.2) is 30.4 Å². The average Bonchev–Trinajstić information content (AvgIpc) is 2.72. The Kier molecular flexibility index (Phi) is 3.78. The van der Waals surface area contributed by atoms with Gasteiger partial charge in [0, 0.05) is 23.1 Å². The molecule has 0 bridgehead atoms. The Morgan fingerprint density at radius 3 is 2.83 bits per heavy atom. The van der Waals surface area contributed by atoms with E-state index in [1.165, 1.54) is 0 Å². The van der Waals surface area contributed by atoms with Crippen molar-refractivity contribution in [2.45, 2.75) is 20.3 Å². The lowest BCUT2D eigenvalue weighted by molar-refractivity contribution is 0.0776. The van der Waals surface area contributed by atoms with Gasteiger partial charge in [-0.15, -0.1) is 0 Å². The molecule has 1 aliphatic rings. The topological polar surface area (TPSA) is 46.3 Å². The van der Waals surface area contributed by atoms with Gasteiger partial charge in [-0.05, 0) is 49.1 Å². The van der Waals surface area contributed by atoms with Crippen molar-refractivity contribution >= 4 is 21.8 Å². The van der Waals surface area contributed by atoms with Crippen molar-refractivity contribution in [2.24, 2.45) is 11.1 Å². The van der Waals surface area contributed by atoms with Gasteiger partial charge in [0.2, 0.25) is 0 Å². The van der Waals surface area contributed by atoms with Crippen LogP contribution < -0.4 is 5.73 Å². The summed E-state index contributed by atoms with van der Waals surface area (Å²) in [6, 6.07) is 5.78. The van der Waals surface area contributed by atoms with Gasteiger partial charge in [-0.2, -0.15) is 0 Å². The summed E-state index contributed by atoms with van der Waals surface area (Å²) in [4.78, 5) is 14.4. The quantitative estimate of drug-likeness (QED) is 0.912. The summed E-state index contributed by atoms with van der Waals surface area (Å²) in [7, 11) is 0. The molecule has 0 aromatic heterocycles. The monoisotopic (exact) mass is 310 g/mol. The van der Waals surface area contributed by atoms with Gasteiger partial charge in [0.15, 0.2) is 0 Å². The molecule has 0 spiro atoms. The number of rotatable bonds is 2. The van der Waals surface area contributed by atoms with Crippen molar-refractivity contribution in [1.29, 1.82) is 0 Å². The van der Waals surface area contributed by atoms with E-state index >= 15 is 0 Å². The number of amides is 1. The molecule has 1 aliphatic heterocycles. The number of likely N-dealkylation sites (tertiary alicyclic amines) is 1. The Morgan fingerprint density at radius 1 is 1.56 bits per heavy atom. The van der Waals surface area contributed by atoms with Gasteiger partial charge < -0.3 is 10.6 Å². The SMILES string of the molecule is Cc1cc(Br)ccc1C(=O)N1CCC(C)(CN)C1. The van der Waals surface area contributed by atoms with Crippen molar-refractivity contribution in [2.75, 3.05) is 19.6 Å². The van der Waals surface area contributed by atoms with Crippen LogP contribution in [-0.2, 0) is 0 Å². The number of hydrogen-bond acceptors (Lipinski definition) is 2. The van der Waals surface area contributed by atoms with Gasteiger partial charge in [-0.25, -0.2) is 0 Å². The standard InChI is InChI=1S/C14H19BrN2O/c1-10-7-11(15)3-4-12(10)13(18)17-6-5-14(2,8-16)9-17/h3-4,7H,5-6,8-9,16H2,1-2H3. The highest BCUT2D eigenvalue weighted by Gasteiger charge is 2.35. The lowest BCUT2D eigenvalue weighted by atomic mass is 9.90. The van der Waals surface area contributed by atoms with Crippen LogP contribution in [0.15, 0.2) is 22.7 Å². The van der Waals surface area contributed by atoms with Crippen LogP contribution in [0.5, 0.6) is 0 Å². The minimum atomic E-state index is 0.0823. The first kappa shape index (κ1) is 13.6. The molecule has 1 fully saturated rings. The average molecular weight is 311 g/mol. The van der Waals surface area contributed by atoms with Crippen LogP contribution in [0.1, 0.15) is 29.3 Å². The number of carbonyl (C=O) groups is 1. The molecule has 1 aromatic carbocycles. The fourth-order valence-electron chi connectivity index (χ4n) is 2.40. The Bertz CT molecular complexity index is 475. The summed E-state index contributed by atoms with van der Waals surface area (Å²) in [6.45, 7) is 6.32. The molecule has 18 heavy (non-hydrogen) atoms. The summed E-state index contributed by atoms with van der Waals surface area (Å²) in [6.07, 6.45) is 0.991. The molecule has 1 aromatic rings. The molecule has 98 valence electrons.